The minimum atomic E-state index is -0.385. The zero-order valence-electron chi connectivity index (χ0n) is 6.29. The highest BCUT2D eigenvalue weighted by Gasteiger charge is 2.03. The molecule has 0 saturated heterocycles. The molecule has 0 N–H and O–H groups in total. The Morgan fingerprint density at radius 1 is 1.64 bits per heavy atom. The molecule has 0 bridgehead atoms. The van der Waals surface area contributed by atoms with Gasteiger partial charge in [-0.1, -0.05) is 18.2 Å². The van der Waals surface area contributed by atoms with Gasteiger partial charge in [0.2, 0.25) is 5.24 Å². The molecule has 0 aromatic rings. The van der Waals surface area contributed by atoms with E-state index in [1.54, 1.807) is 0 Å². The zero-order valence-corrected chi connectivity index (χ0v) is 7.05. The Morgan fingerprint density at radius 2 is 2.45 bits per heavy atom. The molecule has 0 aromatic heterocycles. The van der Waals surface area contributed by atoms with Crippen molar-refractivity contribution in [1.82, 2.24) is 0 Å². The summed E-state index contributed by atoms with van der Waals surface area (Å²) in [6.07, 6.45) is 11.1. The summed E-state index contributed by atoms with van der Waals surface area (Å²) < 4.78 is 0. The molecule has 1 aliphatic rings. The van der Waals surface area contributed by atoms with Crippen molar-refractivity contribution in [3.05, 3.63) is 24.3 Å². The first-order valence-corrected chi connectivity index (χ1v) is 4.21. The van der Waals surface area contributed by atoms with Gasteiger partial charge in [0.25, 0.3) is 0 Å². The first-order valence-electron chi connectivity index (χ1n) is 3.83. The van der Waals surface area contributed by atoms with E-state index in [4.69, 9.17) is 11.6 Å². The van der Waals surface area contributed by atoms with Crippen LogP contribution in [0.2, 0.25) is 0 Å². The normalized spacial score (nSPS) is 24.3. The highest BCUT2D eigenvalue weighted by atomic mass is 35.5. The third kappa shape index (κ3) is 3.38. The third-order valence-corrected chi connectivity index (χ3v) is 1.89. The molecule has 0 heterocycles. The van der Waals surface area contributed by atoms with E-state index in [9.17, 15) is 4.79 Å². The van der Waals surface area contributed by atoms with Crippen LogP contribution in [0.4, 0.5) is 0 Å². The average Bonchev–Trinajstić information content (AvgIpc) is 2.03. The number of hydrogen-bond acceptors (Lipinski definition) is 1. The lowest BCUT2D eigenvalue weighted by Crippen LogP contribution is -1.96. The molecule has 0 spiro atoms. The van der Waals surface area contributed by atoms with Crippen molar-refractivity contribution in [1.29, 1.82) is 0 Å². The molecule has 0 amide bonds. The quantitative estimate of drug-likeness (QED) is 0.354. The molecule has 0 aromatic carbocycles. The molecule has 0 saturated carbocycles. The maximum absolute atomic E-state index is 10.3. The number of rotatable bonds is 2. The highest BCUT2D eigenvalue weighted by molar-refractivity contribution is 6.66. The molecule has 0 aliphatic heterocycles. The molecule has 60 valence electrons. The van der Waals surface area contributed by atoms with Crippen LogP contribution in [0.25, 0.3) is 0 Å². The largest absolute Gasteiger partial charge is 0.276 e. The Morgan fingerprint density at radius 3 is 3.00 bits per heavy atom. The number of allylic oxidation sites excluding steroid dienone is 4. The van der Waals surface area contributed by atoms with Gasteiger partial charge in [0.15, 0.2) is 0 Å². The molecule has 1 unspecified atom stereocenters. The van der Waals surface area contributed by atoms with Crippen LogP contribution in [0.3, 0.4) is 0 Å². The fourth-order valence-corrected chi connectivity index (χ4v) is 1.27. The summed E-state index contributed by atoms with van der Waals surface area (Å²) in [6.45, 7) is 0. The molecule has 1 nitrogen and oxygen atoms in total. The van der Waals surface area contributed by atoms with E-state index < -0.39 is 0 Å². The van der Waals surface area contributed by atoms with E-state index in [1.807, 2.05) is 6.08 Å². The summed E-state index contributed by atoms with van der Waals surface area (Å²) in [5, 5.41) is -0.385. The molecule has 1 aliphatic carbocycles. The van der Waals surface area contributed by atoms with E-state index in [0.29, 0.717) is 5.92 Å². The lowest BCUT2D eigenvalue weighted by molar-refractivity contribution is -0.107. The molecular weight excluding hydrogens is 160 g/mol. The van der Waals surface area contributed by atoms with Gasteiger partial charge in [-0.15, -0.1) is 0 Å². The van der Waals surface area contributed by atoms with Gasteiger partial charge in [-0.25, -0.2) is 0 Å². The fraction of sp³-hybridized carbons (Fsp3) is 0.444. The summed E-state index contributed by atoms with van der Waals surface area (Å²) in [4.78, 5) is 10.3. The van der Waals surface area contributed by atoms with Crippen LogP contribution in [-0.4, -0.2) is 5.24 Å². The van der Waals surface area contributed by atoms with Crippen LogP contribution < -0.4 is 0 Å². The maximum Gasteiger partial charge on any atom is 0.244 e. The topological polar surface area (TPSA) is 17.1 Å². The molecule has 0 radical (unpaired) electrons. The number of carbonyl (C=O) groups is 1. The zero-order chi connectivity index (χ0) is 8.10. The standard InChI is InChI=1S/C9H11ClO/c10-9(11)7-6-8-4-2-1-3-5-8/h2,4,6-8H,1,3,5H2. The SMILES string of the molecule is O=C(Cl)C=CC1C=CCCC1. The Balaban J connectivity index is 2.41. The summed E-state index contributed by atoms with van der Waals surface area (Å²) in [7, 11) is 0. The molecule has 11 heavy (non-hydrogen) atoms. The van der Waals surface area contributed by atoms with Crippen LogP contribution in [0, 0.1) is 5.92 Å². The molecule has 0 fully saturated rings. The van der Waals surface area contributed by atoms with Gasteiger partial charge in [0.05, 0.1) is 0 Å². The van der Waals surface area contributed by atoms with E-state index in [0.717, 1.165) is 6.42 Å². The van der Waals surface area contributed by atoms with E-state index >= 15 is 0 Å². The van der Waals surface area contributed by atoms with Crippen molar-refractivity contribution in [3.8, 4) is 0 Å². The van der Waals surface area contributed by atoms with Crippen molar-refractivity contribution in [2.24, 2.45) is 5.92 Å². The number of carbonyl (C=O) groups excluding carboxylic acids is 1. The van der Waals surface area contributed by atoms with Crippen molar-refractivity contribution in [2.45, 2.75) is 19.3 Å². The van der Waals surface area contributed by atoms with Crippen LogP contribution in [0.5, 0.6) is 0 Å². The Hall–Kier alpha value is -0.560. The Kier molecular flexibility index (Phi) is 3.37. The summed E-state index contributed by atoms with van der Waals surface area (Å²) in [6, 6.07) is 0. The fourth-order valence-electron chi connectivity index (χ4n) is 1.20. The summed E-state index contributed by atoms with van der Waals surface area (Å²) in [5.74, 6) is 0.423. The van der Waals surface area contributed by atoms with E-state index in [1.165, 1.54) is 18.9 Å². The predicted molar refractivity (Wildman–Crippen MR) is 46.5 cm³/mol. The number of hydrogen-bond donors (Lipinski definition) is 0. The van der Waals surface area contributed by atoms with E-state index in [-0.39, 0.29) is 5.24 Å². The monoisotopic (exact) mass is 170 g/mol. The van der Waals surface area contributed by atoms with Gasteiger partial charge in [-0.3, -0.25) is 4.79 Å². The van der Waals surface area contributed by atoms with E-state index in [2.05, 4.69) is 12.2 Å². The molecular formula is C9H11ClO. The highest BCUT2D eigenvalue weighted by Crippen LogP contribution is 2.17. The van der Waals surface area contributed by atoms with Crippen LogP contribution in [0.1, 0.15) is 19.3 Å². The van der Waals surface area contributed by atoms with Gasteiger partial charge >= 0.3 is 0 Å². The van der Waals surface area contributed by atoms with Crippen molar-refractivity contribution in [3.63, 3.8) is 0 Å². The maximum atomic E-state index is 10.3. The predicted octanol–water partition coefficient (Wildman–Crippen LogP) is 2.66. The second-order valence-corrected chi connectivity index (χ2v) is 3.06. The first kappa shape index (κ1) is 8.54. The van der Waals surface area contributed by atoms with Crippen molar-refractivity contribution >= 4 is 16.8 Å². The third-order valence-electron chi connectivity index (χ3n) is 1.77. The lowest BCUT2D eigenvalue weighted by atomic mass is 9.96. The van der Waals surface area contributed by atoms with Crippen molar-refractivity contribution < 1.29 is 4.79 Å². The van der Waals surface area contributed by atoms with Gasteiger partial charge < -0.3 is 0 Å². The van der Waals surface area contributed by atoms with Gasteiger partial charge in [0.1, 0.15) is 0 Å². The Bertz CT molecular complexity index is 194. The van der Waals surface area contributed by atoms with Gasteiger partial charge in [-0.2, -0.15) is 0 Å². The number of halogens is 1. The average molecular weight is 171 g/mol. The molecule has 1 atom stereocenters. The molecule has 2 heteroatoms. The van der Waals surface area contributed by atoms with Crippen LogP contribution in [-0.2, 0) is 4.79 Å². The minimum absolute atomic E-state index is 0.385. The van der Waals surface area contributed by atoms with Crippen LogP contribution >= 0.6 is 11.6 Å². The smallest absolute Gasteiger partial charge is 0.244 e. The second kappa shape index (κ2) is 4.35. The Labute approximate surface area is 71.7 Å². The second-order valence-electron chi connectivity index (χ2n) is 2.69. The minimum Gasteiger partial charge on any atom is -0.276 e. The van der Waals surface area contributed by atoms with Gasteiger partial charge in [0, 0.05) is 0 Å². The van der Waals surface area contributed by atoms with Crippen LogP contribution in [0.15, 0.2) is 24.3 Å². The van der Waals surface area contributed by atoms with Gasteiger partial charge in [-0.05, 0) is 42.9 Å². The summed E-state index contributed by atoms with van der Waals surface area (Å²) in [5.41, 5.74) is 0. The first-order chi connectivity index (χ1) is 5.29. The van der Waals surface area contributed by atoms with Crippen molar-refractivity contribution in [2.75, 3.05) is 0 Å². The molecule has 1 rings (SSSR count). The lowest BCUT2D eigenvalue weighted by Gasteiger charge is -2.10. The summed E-state index contributed by atoms with van der Waals surface area (Å²) >= 11 is 5.15.